The smallest absolute Gasteiger partial charge is 0.433 e. The molecule has 0 aliphatic carbocycles. The van der Waals surface area contributed by atoms with Crippen LogP contribution in [0.3, 0.4) is 0 Å². The second-order valence-electron chi connectivity index (χ2n) is 4.91. The van der Waals surface area contributed by atoms with Gasteiger partial charge >= 0.3 is 12.1 Å². The van der Waals surface area contributed by atoms with Gasteiger partial charge in [-0.1, -0.05) is 0 Å². The van der Waals surface area contributed by atoms with Crippen molar-refractivity contribution in [2.45, 2.75) is 38.5 Å². The first-order valence-corrected chi connectivity index (χ1v) is 6.71. The summed E-state index contributed by atoms with van der Waals surface area (Å²) in [5.41, 5.74) is -0.981. The highest BCUT2D eigenvalue weighted by molar-refractivity contribution is 5.90. The minimum atomic E-state index is -4.52. The number of ether oxygens (including phenoxy) is 2. The fourth-order valence-corrected chi connectivity index (χ4v) is 2.12. The maximum Gasteiger partial charge on any atom is 0.433 e. The maximum atomic E-state index is 12.5. The van der Waals surface area contributed by atoms with Gasteiger partial charge in [0.15, 0.2) is 0 Å². The van der Waals surface area contributed by atoms with E-state index in [4.69, 9.17) is 9.47 Å². The Labute approximate surface area is 120 Å². The average Bonchev–Trinajstić information content (AvgIpc) is 2.45. The van der Waals surface area contributed by atoms with Crippen molar-refractivity contribution >= 4 is 5.97 Å². The van der Waals surface area contributed by atoms with Crippen molar-refractivity contribution in [3.8, 4) is 0 Å². The number of hydrogen-bond acceptors (Lipinski definition) is 4. The highest BCUT2D eigenvalue weighted by Crippen LogP contribution is 2.28. The number of hydrogen-bond donors (Lipinski definition) is 0. The second-order valence-corrected chi connectivity index (χ2v) is 4.91. The highest BCUT2D eigenvalue weighted by Gasteiger charge is 2.33. The van der Waals surface area contributed by atoms with Gasteiger partial charge in [0.2, 0.25) is 0 Å². The van der Waals surface area contributed by atoms with E-state index in [9.17, 15) is 18.0 Å². The lowest BCUT2D eigenvalue weighted by Crippen LogP contribution is -2.26. The lowest BCUT2D eigenvalue weighted by molar-refractivity contribution is -0.141. The molecule has 1 aromatic heterocycles. The first kappa shape index (κ1) is 15.8. The van der Waals surface area contributed by atoms with Gasteiger partial charge in [-0.25, -0.2) is 9.78 Å². The molecule has 1 fully saturated rings. The van der Waals surface area contributed by atoms with Crippen LogP contribution < -0.4 is 0 Å². The van der Waals surface area contributed by atoms with Crippen molar-refractivity contribution in [3.63, 3.8) is 0 Å². The van der Waals surface area contributed by atoms with Crippen LogP contribution in [0.4, 0.5) is 13.2 Å². The number of aromatic nitrogens is 1. The highest BCUT2D eigenvalue weighted by atomic mass is 19.4. The van der Waals surface area contributed by atoms with Crippen molar-refractivity contribution in [1.82, 2.24) is 4.98 Å². The van der Waals surface area contributed by atoms with E-state index in [1.54, 1.807) is 0 Å². The molecule has 0 aromatic carbocycles. The maximum absolute atomic E-state index is 12.5. The number of carbonyl (C=O) groups is 1. The van der Waals surface area contributed by atoms with Crippen molar-refractivity contribution in [3.05, 3.63) is 29.1 Å². The zero-order valence-corrected chi connectivity index (χ0v) is 11.6. The molecule has 1 aromatic rings. The molecule has 2 rings (SSSR count). The zero-order valence-electron chi connectivity index (χ0n) is 11.6. The molecular formula is C14H16F3NO3. The van der Waals surface area contributed by atoms with Gasteiger partial charge in [0.25, 0.3) is 0 Å². The third-order valence-corrected chi connectivity index (χ3v) is 3.27. The Bertz CT molecular complexity index is 511. The molecule has 1 saturated heterocycles. The molecule has 0 bridgehead atoms. The van der Waals surface area contributed by atoms with Crippen LogP contribution in [0.15, 0.2) is 12.1 Å². The van der Waals surface area contributed by atoms with Crippen LogP contribution in [0.2, 0.25) is 0 Å². The van der Waals surface area contributed by atoms with Crippen LogP contribution in [-0.4, -0.2) is 30.3 Å². The van der Waals surface area contributed by atoms with Crippen LogP contribution in [0.25, 0.3) is 0 Å². The largest absolute Gasteiger partial charge is 0.459 e. The lowest BCUT2D eigenvalue weighted by atomic mass is 10.1. The molecule has 4 nitrogen and oxygen atoms in total. The number of halogens is 3. The number of alkyl halides is 3. The Kier molecular flexibility index (Phi) is 4.82. The molecule has 1 unspecified atom stereocenters. The predicted molar refractivity (Wildman–Crippen MR) is 67.8 cm³/mol. The monoisotopic (exact) mass is 303 g/mol. The predicted octanol–water partition coefficient (Wildman–Crippen LogP) is 3.13. The first-order valence-electron chi connectivity index (χ1n) is 6.71. The number of nitrogens with zero attached hydrogens (tertiary/aromatic N) is 1. The van der Waals surface area contributed by atoms with Crippen LogP contribution in [0.1, 0.15) is 41.0 Å². The van der Waals surface area contributed by atoms with Crippen molar-refractivity contribution in [1.29, 1.82) is 0 Å². The van der Waals surface area contributed by atoms with E-state index in [0.717, 1.165) is 31.4 Å². The molecular weight excluding hydrogens is 287 g/mol. The summed E-state index contributed by atoms with van der Waals surface area (Å²) in [5, 5.41) is 0. The molecule has 0 N–H and O–H groups in total. The molecule has 0 saturated carbocycles. The first-order chi connectivity index (χ1) is 9.88. The van der Waals surface area contributed by atoms with Crippen molar-refractivity contribution < 1.29 is 27.4 Å². The van der Waals surface area contributed by atoms with Gasteiger partial charge in [-0.15, -0.1) is 0 Å². The molecule has 1 aliphatic heterocycles. The van der Waals surface area contributed by atoms with E-state index in [1.807, 2.05) is 0 Å². The van der Waals surface area contributed by atoms with Crippen LogP contribution in [0, 0.1) is 6.92 Å². The van der Waals surface area contributed by atoms with Gasteiger partial charge in [0, 0.05) is 6.61 Å². The molecule has 7 heteroatoms. The number of carbonyl (C=O) groups excluding carboxylic acids is 1. The molecule has 0 spiro atoms. The Hall–Kier alpha value is -1.63. The summed E-state index contributed by atoms with van der Waals surface area (Å²) in [6, 6.07) is 1.87. The van der Waals surface area contributed by atoms with Crippen LogP contribution >= 0.6 is 0 Å². The van der Waals surface area contributed by atoms with Gasteiger partial charge < -0.3 is 9.47 Å². The molecule has 2 heterocycles. The van der Waals surface area contributed by atoms with Gasteiger partial charge in [0.05, 0.1) is 17.4 Å². The summed E-state index contributed by atoms with van der Waals surface area (Å²) in [4.78, 5) is 15.3. The van der Waals surface area contributed by atoms with Crippen LogP contribution in [0.5, 0.6) is 0 Å². The summed E-state index contributed by atoms with van der Waals surface area (Å²) in [6.07, 6.45) is -1.83. The van der Waals surface area contributed by atoms with Crippen molar-refractivity contribution in [2.24, 2.45) is 0 Å². The van der Waals surface area contributed by atoms with E-state index in [0.29, 0.717) is 6.61 Å². The summed E-state index contributed by atoms with van der Waals surface area (Å²) >= 11 is 0. The zero-order chi connectivity index (χ0) is 15.5. The summed E-state index contributed by atoms with van der Waals surface area (Å²) < 4.78 is 48.0. The Morgan fingerprint density at radius 3 is 2.76 bits per heavy atom. The average molecular weight is 303 g/mol. The normalized spacial score (nSPS) is 19.3. The lowest BCUT2D eigenvalue weighted by Gasteiger charge is -2.22. The topological polar surface area (TPSA) is 48.4 Å². The van der Waals surface area contributed by atoms with Gasteiger partial charge in [0.1, 0.15) is 12.3 Å². The fraction of sp³-hybridized carbons (Fsp3) is 0.571. The van der Waals surface area contributed by atoms with Crippen molar-refractivity contribution in [2.75, 3.05) is 13.2 Å². The minimum absolute atomic E-state index is 0.000567. The second kappa shape index (κ2) is 6.43. The molecule has 0 radical (unpaired) electrons. The van der Waals surface area contributed by atoms with E-state index in [2.05, 4.69) is 4.98 Å². The quantitative estimate of drug-likeness (QED) is 0.805. The van der Waals surface area contributed by atoms with E-state index in [-0.39, 0.29) is 24.0 Å². The molecule has 21 heavy (non-hydrogen) atoms. The van der Waals surface area contributed by atoms with E-state index < -0.39 is 17.8 Å². The SMILES string of the molecule is Cc1nc(C(F)(F)F)ccc1C(=O)OCC1CCCCO1. The number of esters is 1. The summed E-state index contributed by atoms with van der Waals surface area (Å²) in [5.74, 6) is -0.678. The number of aryl methyl sites for hydroxylation is 1. The van der Waals surface area contributed by atoms with Gasteiger partial charge in [-0.05, 0) is 38.3 Å². The minimum Gasteiger partial charge on any atom is -0.459 e. The standard InChI is InChI=1S/C14H16F3NO3/c1-9-11(5-6-12(18-9)14(15,16)17)13(19)21-8-10-4-2-3-7-20-10/h5-6,10H,2-4,7-8H2,1H3. The molecule has 116 valence electrons. The van der Waals surface area contributed by atoms with Crippen LogP contribution in [-0.2, 0) is 15.7 Å². The summed E-state index contributed by atoms with van der Waals surface area (Å²) in [7, 11) is 0. The van der Waals surface area contributed by atoms with Gasteiger partial charge in [-0.3, -0.25) is 0 Å². The fourth-order valence-electron chi connectivity index (χ4n) is 2.12. The van der Waals surface area contributed by atoms with E-state index in [1.165, 1.54) is 6.92 Å². The Morgan fingerprint density at radius 1 is 1.43 bits per heavy atom. The van der Waals surface area contributed by atoms with E-state index >= 15 is 0 Å². The third-order valence-electron chi connectivity index (χ3n) is 3.27. The third kappa shape index (κ3) is 4.17. The molecule has 0 amide bonds. The van der Waals surface area contributed by atoms with Gasteiger partial charge in [-0.2, -0.15) is 13.2 Å². The molecule has 1 aliphatic rings. The Morgan fingerprint density at radius 2 is 2.19 bits per heavy atom. The number of rotatable bonds is 3. The molecule has 1 atom stereocenters. The summed E-state index contributed by atoms with van der Waals surface area (Å²) in [6.45, 7) is 2.10. The Balaban J connectivity index is 1.99. The number of pyridine rings is 1.